The van der Waals surface area contributed by atoms with Crippen LogP contribution in [0.5, 0.6) is 0 Å². The molecule has 0 bridgehead atoms. The topological polar surface area (TPSA) is 33.1 Å². The summed E-state index contributed by atoms with van der Waals surface area (Å²) in [4.78, 5) is 7.17. The Labute approximate surface area is 169 Å². The number of fused-ring (bicyclic) bond motifs is 3. The number of para-hydroxylation sites is 1. The van der Waals surface area contributed by atoms with E-state index < -0.39 is 0 Å². The van der Waals surface area contributed by atoms with Crippen molar-refractivity contribution in [3.63, 3.8) is 0 Å². The van der Waals surface area contributed by atoms with Crippen LogP contribution >= 0.6 is 12.4 Å². The van der Waals surface area contributed by atoms with Gasteiger partial charge in [-0.3, -0.25) is 4.98 Å². The highest BCUT2D eigenvalue weighted by Crippen LogP contribution is 2.30. The first-order valence-electron chi connectivity index (χ1n) is 10.1. The fourth-order valence-corrected chi connectivity index (χ4v) is 3.73. The second-order valence-corrected chi connectivity index (χ2v) is 6.88. The lowest BCUT2D eigenvalue weighted by atomic mass is 10.1. The average molecular weight is 389 g/mol. The van der Waals surface area contributed by atoms with E-state index >= 15 is 0 Å². The fraction of sp³-hybridized carbons (Fsp3) is 0.500. The number of rotatable bonds is 10. The van der Waals surface area contributed by atoms with E-state index in [0.29, 0.717) is 0 Å². The lowest BCUT2D eigenvalue weighted by Crippen LogP contribution is -2.31. The van der Waals surface area contributed by atoms with Gasteiger partial charge in [0.25, 0.3) is 0 Å². The summed E-state index contributed by atoms with van der Waals surface area (Å²) in [5.41, 5.74) is 3.79. The van der Waals surface area contributed by atoms with Gasteiger partial charge in [-0.1, -0.05) is 45.4 Å². The summed E-state index contributed by atoms with van der Waals surface area (Å²) in [6.45, 7) is 12.9. The normalized spacial score (nSPS) is 11.4. The molecule has 1 N–H and O–H groups in total. The van der Waals surface area contributed by atoms with Crippen molar-refractivity contribution in [2.45, 2.75) is 46.7 Å². The summed E-state index contributed by atoms with van der Waals surface area (Å²) in [7, 11) is 0. The van der Waals surface area contributed by atoms with Crippen molar-refractivity contribution in [3.8, 4) is 0 Å². The Morgan fingerprint density at radius 1 is 1.04 bits per heavy atom. The van der Waals surface area contributed by atoms with Crippen LogP contribution in [0, 0.1) is 0 Å². The van der Waals surface area contributed by atoms with Gasteiger partial charge in [0.2, 0.25) is 0 Å². The summed E-state index contributed by atoms with van der Waals surface area (Å²) >= 11 is 0. The molecule has 0 unspecified atom stereocenters. The van der Waals surface area contributed by atoms with E-state index in [-0.39, 0.29) is 12.4 Å². The van der Waals surface area contributed by atoms with Crippen LogP contribution in [0.2, 0.25) is 0 Å². The van der Waals surface area contributed by atoms with Crippen molar-refractivity contribution in [1.29, 1.82) is 0 Å². The van der Waals surface area contributed by atoms with Crippen molar-refractivity contribution in [2.24, 2.45) is 0 Å². The van der Waals surface area contributed by atoms with Crippen LogP contribution < -0.4 is 5.32 Å². The Morgan fingerprint density at radius 3 is 2.56 bits per heavy atom. The smallest absolute Gasteiger partial charge is 0.0784 e. The van der Waals surface area contributed by atoms with Crippen LogP contribution in [0.25, 0.3) is 21.8 Å². The van der Waals surface area contributed by atoms with Crippen molar-refractivity contribution < 1.29 is 0 Å². The third-order valence-corrected chi connectivity index (χ3v) is 5.28. The number of unbranched alkanes of at least 4 members (excludes halogenated alkanes) is 1. The first-order valence-corrected chi connectivity index (χ1v) is 10.1. The number of aryl methyl sites for hydroxylation is 1. The van der Waals surface area contributed by atoms with Gasteiger partial charge in [0.05, 0.1) is 11.2 Å². The predicted molar refractivity (Wildman–Crippen MR) is 119 cm³/mol. The highest BCUT2D eigenvalue weighted by atomic mass is 35.5. The number of nitrogens with zero attached hydrogens (tertiary/aromatic N) is 3. The van der Waals surface area contributed by atoms with Crippen LogP contribution in [0.15, 0.2) is 36.5 Å². The molecule has 2 heterocycles. The van der Waals surface area contributed by atoms with Crippen molar-refractivity contribution >= 4 is 34.2 Å². The number of benzene rings is 1. The summed E-state index contributed by atoms with van der Waals surface area (Å²) in [5.74, 6) is 0. The number of likely N-dealkylation sites (N-methyl/N-ethyl adjacent to an activating group) is 1. The maximum Gasteiger partial charge on any atom is 0.0784 e. The molecule has 0 spiro atoms. The lowest BCUT2D eigenvalue weighted by Gasteiger charge is -2.18. The second kappa shape index (κ2) is 10.6. The zero-order valence-corrected chi connectivity index (χ0v) is 17.7. The zero-order valence-electron chi connectivity index (χ0n) is 16.9. The molecule has 0 saturated heterocycles. The molecule has 0 aliphatic carbocycles. The molecule has 0 amide bonds. The minimum Gasteiger partial charge on any atom is -0.339 e. The van der Waals surface area contributed by atoms with Crippen LogP contribution in [0.3, 0.4) is 0 Å². The number of hydrogen-bond donors (Lipinski definition) is 1. The van der Waals surface area contributed by atoms with E-state index in [9.17, 15) is 0 Å². The number of aromatic nitrogens is 2. The molecule has 0 atom stereocenters. The molecule has 3 rings (SSSR count). The van der Waals surface area contributed by atoms with Gasteiger partial charge in [-0.15, -0.1) is 12.4 Å². The Bertz CT molecular complexity index is 839. The van der Waals surface area contributed by atoms with Crippen molar-refractivity contribution in [1.82, 2.24) is 19.8 Å². The predicted octanol–water partition coefficient (Wildman–Crippen LogP) is 4.84. The molecule has 148 valence electrons. The fourth-order valence-electron chi connectivity index (χ4n) is 3.73. The van der Waals surface area contributed by atoms with E-state index in [1.165, 1.54) is 34.6 Å². The van der Waals surface area contributed by atoms with E-state index in [1.54, 1.807) is 0 Å². The van der Waals surface area contributed by atoms with Crippen molar-refractivity contribution in [3.05, 3.63) is 42.2 Å². The first kappa shape index (κ1) is 21.7. The molecule has 3 aromatic rings. The summed E-state index contributed by atoms with van der Waals surface area (Å²) in [5, 5.41) is 6.27. The Hall–Kier alpha value is -1.62. The molecule has 5 heteroatoms. The maximum absolute atomic E-state index is 4.73. The van der Waals surface area contributed by atoms with Gasteiger partial charge >= 0.3 is 0 Å². The second-order valence-electron chi connectivity index (χ2n) is 6.88. The molecule has 27 heavy (non-hydrogen) atoms. The molecule has 0 aliphatic rings. The third-order valence-electron chi connectivity index (χ3n) is 5.28. The van der Waals surface area contributed by atoms with Gasteiger partial charge < -0.3 is 14.8 Å². The van der Waals surface area contributed by atoms with Crippen LogP contribution in [-0.4, -0.2) is 40.6 Å². The molecule has 0 aliphatic heterocycles. The van der Waals surface area contributed by atoms with Crippen LogP contribution in [0.4, 0.5) is 0 Å². The van der Waals surface area contributed by atoms with Gasteiger partial charge in [0.15, 0.2) is 0 Å². The molecular weight excluding hydrogens is 356 g/mol. The summed E-state index contributed by atoms with van der Waals surface area (Å²) < 4.78 is 2.47. The minimum atomic E-state index is 0. The Kier molecular flexibility index (Phi) is 8.55. The SMILES string of the molecule is CCCCn1c2ccccc2c2ccnc(CNCCN(CC)CC)c21.Cl. The van der Waals surface area contributed by atoms with Gasteiger partial charge in [-0.05, 0) is 31.6 Å². The summed E-state index contributed by atoms with van der Waals surface area (Å²) in [6, 6.07) is 10.9. The number of hydrogen-bond acceptors (Lipinski definition) is 3. The molecule has 0 radical (unpaired) electrons. The van der Waals surface area contributed by atoms with Crippen molar-refractivity contribution in [2.75, 3.05) is 26.2 Å². The highest BCUT2D eigenvalue weighted by Gasteiger charge is 2.14. The molecule has 4 nitrogen and oxygen atoms in total. The number of pyridine rings is 1. The molecule has 1 aromatic carbocycles. The standard InChI is InChI=1S/C22H32N4.ClH/c1-4-7-15-26-21-11-9-8-10-18(21)19-12-13-24-20(22(19)26)17-23-14-16-25(5-2)6-3;/h8-13,23H,4-7,14-17H2,1-3H3;1H. The van der Waals surface area contributed by atoms with E-state index in [0.717, 1.165) is 45.0 Å². The third kappa shape index (κ3) is 4.81. The van der Waals surface area contributed by atoms with Gasteiger partial charge in [0.1, 0.15) is 0 Å². The zero-order chi connectivity index (χ0) is 18.4. The first-order chi connectivity index (χ1) is 12.8. The van der Waals surface area contributed by atoms with Gasteiger partial charge in [-0.25, -0.2) is 0 Å². The van der Waals surface area contributed by atoms with E-state index in [2.05, 4.69) is 65.9 Å². The summed E-state index contributed by atoms with van der Waals surface area (Å²) in [6.07, 6.45) is 4.35. The van der Waals surface area contributed by atoms with Gasteiger partial charge in [-0.2, -0.15) is 0 Å². The Balaban J connectivity index is 0.00000261. The van der Waals surface area contributed by atoms with Crippen LogP contribution in [-0.2, 0) is 13.1 Å². The Morgan fingerprint density at radius 2 is 1.81 bits per heavy atom. The molecule has 0 saturated carbocycles. The largest absolute Gasteiger partial charge is 0.339 e. The van der Waals surface area contributed by atoms with E-state index in [4.69, 9.17) is 4.98 Å². The highest BCUT2D eigenvalue weighted by molar-refractivity contribution is 6.08. The van der Waals surface area contributed by atoms with Crippen LogP contribution in [0.1, 0.15) is 39.3 Å². The monoisotopic (exact) mass is 388 g/mol. The number of nitrogens with one attached hydrogen (secondary N) is 1. The lowest BCUT2D eigenvalue weighted by molar-refractivity contribution is 0.302. The maximum atomic E-state index is 4.73. The average Bonchev–Trinajstić information content (AvgIpc) is 3.01. The minimum absolute atomic E-state index is 0. The van der Waals surface area contributed by atoms with E-state index in [1.807, 2.05) is 6.20 Å². The molecule has 0 fully saturated rings. The quantitative estimate of drug-likeness (QED) is 0.504. The number of halogens is 1. The molecular formula is C22H33ClN4. The van der Waals surface area contributed by atoms with Gasteiger partial charge in [0, 0.05) is 48.7 Å². The molecule has 2 aromatic heterocycles.